The van der Waals surface area contributed by atoms with Gasteiger partial charge < -0.3 is 0 Å². The predicted octanol–water partition coefficient (Wildman–Crippen LogP) is 0.615. The van der Waals surface area contributed by atoms with Gasteiger partial charge in [-0.2, -0.15) is 15.4 Å². The highest BCUT2D eigenvalue weighted by atomic mass is 15.3. The highest BCUT2D eigenvalue weighted by Crippen LogP contribution is 1.90. The smallest absolute Gasteiger partial charge is 0.0882 e. The van der Waals surface area contributed by atoms with E-state index in [9.17, 15) is 0 Å². The second kappa shape index (κ2) is 2.68. The van der Waals surface area contributed by atoms with Crippen LogP contribution in [-0.4, -0.2) is 15.4 Å². The van der Waals surface area contributed by atoms with Crippen LogP contribution >= 0.6 is 0 Å². The van der Waals surface area contributed by atoms with Crippen LogP contribution in [0.15, 0.2) is 11.3 Å². The van der Waals surface area contributed by atoms with Crippen LogP contribution in [-0.2, 0) is 6.54 Å². The number of hydrogen-bond acceptors (Lipinski definition) is 3. The number of hydrogen-bond donors (Lipinski definition) is 1. The fraction of sp³-hybridized carbons (Fsp3) is 0.333. The van der Waals surface area contributed by atoms with E-state index >= 15 is 0 Å². The van der Waals surface area contributed by atoms with Crippen LogP contribution in [0.1, 0.15) is 5.69 Å². The zero-order valence-corrected chi connectivity index (χ0v) is 4.52. The molecule has 46 valence electrons. The molecule has 1 aromatic heterocycles. The Morgan fingerprint density at radius 3 is 3.33 bits per heavy atom. The lowest BCUT2D eigenvalue weighted by molar-refractivity contribution is 0.895. The summed E-state index contributed by atoms with van der Waals surface area (Å²) in [4.78, 5) is 2.55. The first-order chi connectivity index (χ1) is 4.43. The zero-order valence-electron chi connectivity index (χ0n) is 4.52. The molecule has 0 amide bonds. The molecule has 1 N–H and O–H groups in total. The summed E-state index contributed by atoms with van der Waals surface area (Å²) in [6.45, 7) is 0.257. The first kappa shape index (κ1) is 5.58. The summed E-state index contributed by atoms with van der Waals surface area (Å²) in [5.74, 6) is 0. The van der Waals surface area contributed by atoms with Crippen molar-refractivity contribution in [1.29, 1.82) is 0 Å². The van der Waals surface area contributed by atoms with Gasteiger partial charge in [0.25, 0.3) is 0 Å². The first-order valence-corrected chi connectivity index (χ1v) is 2.29. The molecule has 1 heterocycles. The average Bonchev–Trinajstić information content (AvgIpc) is 2.34. The Labute approximate surface area is 50.5 Å². The van der Waals surface area contributed by atoms with Crippen molar-refractivity contribution in [2.45, 2.75) is 6.54 Å². The maximum atomic E-state index is 7.87. The number of H-pyrrole nitrogens is 1. The van der Waals surface area contributed by atoms with Gasteiger partial charge in [0.15, 0.2) is 0 Å². The van der Waals surface area contributed by atoms with E-state index in [1.807, 2.05) is 0 Å². The first-order valence-electron chi connectivity index (χ1n) is 2.29. The van der Waals surface area contributed by atoms with Gasteiger partial charge in [-0.15, -0.1) is 0 Å². The molecule has 0 saturated heterocycles. The van der Waals surface area contributed by atoms with E-state index in [0.717, 1.165) is 0 Å². The zero-order chi connectivity index (χ0) is 6.53. The van der Waals surface area contributed by atoms with E-state index in [4.69, 9.17) is 5.53 Å². The molecule has 0 aromatic carbocycles. The Bertz CT molecular complexity index is 206. The molecule has 6 nitrogen and oxygen atoms in total. The molecule has 0 saturated carbocycles. The number of aromatic nitrogens is 3. The molecular weight excluding hydrogens is 120 g/mol. The Morgan fingerprint density at radius 2 is 2.78 bits per heavy atom. The minimum absolute atomic E-state index is 0.257. The quantitative estimate of drug-likeness (QED) is 0.355. The van der Waals surface area contributed by atoms with Gasteiger partial charge in [0, 0.05) is 4.91 Å². The minimum atomic E-state index is 0.257. The van der Waals surface area contributed by atoms with Crippen LogP contribution in [0.2, 0.25) is 0 Å². The van der Waals surface area contributed by atoms with E-state index < -0.39 is 0 Å². The second-order valence-electron chi connectivity index (χ2n) is 1.35. The molecule has 0 fully saturated rings. The number of nitrogens with zero attached hydrogens (tertiary/aromatic N) is 5. The minimum Gasteiger partial charge on any atom is -0.198 e. The van der Waals surface area contributed by atoms with Crippen molar-refractivity contribution in [3.05, 3.63) is 22.3 Å². The van der Waals surface area contributed by atoms with Crippen LogP contribution < -0.4 is 0 Å². The van der Waals surface area contributed by atoms with E-state index in [2.05, 4.69) is 25.4 Å². The van der Waals surface area contributed by atoms with E-state index in [1.165, 1.54) is 6.20 Å². The van der Waals surface area contributed by atoms with Gasteiger partial charge in [0.2, 0.25) is 0 Å². The van der Waals surface area contributed by atoms with E-state index in [1.54, 1.807) is 0 Å². The number of nitrogens with one attached hydrogen (secondary N) is 1. The van der Waals surface area contributed by atoms with Crippen molar-refractivity contribution in [3.8, 4) is 0 Å². The molecule has 1 aromatic rings. The molecule has 0 aliphatic rings. The van der Waals surface area contributed by atoms with Crippen molar-refractivity contribution in [1.82, 2.24) is 15.4 Å². The highest BCUT2D eigenvalue weighted by molar-refractivity contribution is 4.88. The Morgan fingerprint density at radius 1 is 1.89 bits per heavy atom. The van der Waals surface area contributed by atoms with Crippen molar-refractivity contribution >= 4 is 0 Å². The Hall–Kier alpha value is -1.55. The number of aromatic amines is 1. The van der Waals surface area contributed by atoms with E-state index in [-0.39, 0.29) is 6.54 Å². The Kier molecular flexibility index (Phi) is 1.66. The molecule has 0 unspecified atom stereocenters. The van der Waals surface area contributed by atoms with Crippen LogP contribution in [0, 0.1) is 0 Å². The normalized spacial score (nSPS) is 8.44. The van der Waals surface area contributed by atoms with Crippen LogP contribution in [0.25, 0.3) is 10.4 Å². The monoisotopic (exact) mass is 124 g/mol. The number of rotatable bonds is 2. The largest absolute Gasteiger partial charge is 0.198 e. The summed E-state index contributed by atoms with van der Waals surface area (Å²) in [6, 6.07) is 0. The summed E-state index contributed by atoms with van der Waals surface area (Å²) < 4.78 is 0. The predicted molar refractivity (Wildman–Crippen MR) is 29.2 cm³/mol. The summed E-state index contributed by atoms with van der Waals surface area (Å²) >= 11 is 0. The van der Waals surface area contributed by atoms with Gasteiger partial charge in [0.1, 0.15) is 0 Å². The SMILES string of the molecule is [N-]=[N+]=NCc1cn[nH]n1. The van der Waals surface area contributed by atoms with E-state index in [0.29, 0.717) is 5.69 Å². The summed E-state index contributed by atoms with van der Waals surface area (Å²) in [5.41, 5.74) is 8.51. The van der Waals surface area contributed by atoms with Gasteiger partial charge in [-0.1, -0.05) is 5.11 Å². The maximum absolute atomic E-state index is 7.87. The molecule has 0 spiro atoms. The molecule has 0 radical (unpaired) electrons. The fourth-order valence-electron chi connectivity index (χ4n) is 0.406. The molecule has 6 heteroatoms. The average molecular weight is 124 g/mol. The van der Waals surface area contributed by atoms with Gasteiger partial charge in [-0.3, -0.25) is 0 Å². The molecule has 0 aliphatic carbocycles. The van der Waals surface area contributed by atoms with Gasteiger partial charge in [0.05, 0.1) is 18.4 Å². The molecule has 9 heavy (non-hydrogen) atoms. The second-order valence-corrected chi connectivity index (χ2v) is 1.35. The van der Waals surface area contributed by atoms with Gasteiger partial charge in [-0.05, 0) is 5.53 Å². The highest BCUT2D eigenvalue weighted by Gasteiger charge is 1.89. The van der Waals surface area contributed by atoms with Crippen molar-refractivity contribution in [2.24, 2.45) is 5.11 Å². The van der Waals surface area contributed by atoms with Crippen molar-refractivity contribution in [2.75, 3.05) is 0 Å². The van der Waals surface area contributed by atoms with Gasteiger partial charge in [-0.25, -0.2) is 0 Å². The van der Waals surface area contributed by atoms with Gasteiger partial charge >= 0.3 is 0 Å². The summed E-state index contributed by atoms with van der Waals surface area (Å²) in [5, 5.41) is 12.8. The molecule has 0 bridgehead atoms. The summed E-state index contributed by atoms with van der Waals surface area (Å²) in [6.07, 6.45) is 1.51. The Balaban J connectivity index is 2.57. The van der Waals surface area contributed by atoms with Crippen molar-refractivity contribution < 1.29 is 0 Å². The third-order valence-corrected chi connectivity index (χ3v) is 0.761. The van der Waals surface area contributed by atoms with Crippen LogP contribution in [0.4, 0.5) is 0 Å². The lowest BCUT2D eigenvalue weighted by Crippen LogP contribution is -1.77. The number of azide groups is 1. The van der Waals surface area contributed by atoms with Crippen LogP contribution in [0.3, 0.4) is 0 Å². The third-order valence-electron chi connectivity index (χ3n) is 0.761. The topological polar surface area (TPSA) is 90.3 Å². The lowest BCUT2D eigenvalue weighted by atomic mass is 10.5. The van der Waals surface area contributed by atoms with Crippen molar-refractivity contribution in [3.63, 3.8) is 0 Å². The maximum Gasteiger partial charge on any atom is 0.0882 e. The molecule has 0 atom stereocenters. The standard InChI is InChI=1S/C3H4N6/c4-8-5-1-3-2-6-9-7-3/h2H,1H2,(H,6,7,9). The molecule has 0 aliphatic heterocycles. The summed E-state index contributed by atoms with van der Waals surface area (Å²) in [7, 11) is 0. The lowest BCUT2D eigenvalue weighted by Gasteiger charge is -1.76. The third kappa shape index (κ3) is 1.43. The fourth-order valence-corrected chi connectivity index (χ4v) is 0.406. The molecular formula is C3H4N6. The molecule has 1 rings (SSSR count). The van der Waals surface area contributed by atoms with Crippen LogP contribution in [0.5, 0.6) is 0 Å².